The molecule has 1 fully saturated rings. The Hall–Kier alpha value is -2.51. The van der Waals surface area contributed by atoms with Gasteiger partial charge < -0.3 is 4.52 Å². The minimum atomic E-state index is -3.55. The lowest BCUT2D eigenvalue weighted by molar-refractivity contribution is 0.265. The van der Waals surface area contributed by atoms with Gasteiger partial charge in [-0.2, -0.15) is 9.29 Å². The molecule has 2 heterocycles. The lowest BCUT2D eigenvalue weighted by Crippen LogP contribution is -2.39. The van der Waals surface area contributed by atoms with Gasteiger partial charge in [0.1, 0.15) is 0 Å². The lowest BCUT2D eigenvalue weighted by Gasteiger charge is -2.30. The average molecular weight is 412 g/mol. The van der Waals surface area contributed by atoms with Crippen LogP contribution < -0.4 is 0 Å². The van der Waals surface area contributed by atoms with Crippen molar-refractivity contribution < 1.29 is 12.9 Å². The third-order valence-corrected chi connectivity index (χ3v) is 7.27. The Morgan fingerprint density at radius 2 is 1.79 bits per heavy atom. The van der Waals surface area contributed by atoms with Crippen molar-refractivity contribution in [3.05, 3.63) is 66.1 Å². The van der Waals surface area contributed by atoms with Gasteiger partial charge in [0.15, 0.2) is 0 Å². The molecule has 0 amide bonds. The molecular formula is C22H25N3O3S. The van der Waals surface area contributed by atoms with Gasteiger partial charge in [0, 0.05) is 18.7 Å². The van der Waals surface area contributed by atoms with E-state index in [-0.39, 0.29) is 5.92 Å². The van der Waals surface area contributed by atoms with E-state index in [2.05, 4.69) is 24.0 Å². The predicted octanol–water partition coefficient (Wildman–Crippen LogP) is 4.43. The minimum absolute atomic E-state index is 0.0987. The Labute approximate surface area is 171 Å². The number of sulfonamides is 1. The van der Waals surface area contributed by atoms with Crippen LogP contribution in [0.4, 0.5) is 0 Å². The van der Waals surface area contributed by atoms with Gasteiger partial charge in [0.2, 0.25) is 21.7 Å². The highest BCUT2D eigenvalue weighted by molar-refractivity contribution is 7.89. The summed E-state index contributed by atoms with van der Waals surface area (Å²) in [7, 11) is -3.55. The molecule has 0 unspecified atom stereocenters. The van der Waals surface area contributed by atoms with Crippen LogP contribution in [0.15, 0.2) is 64.0 Å². The summed E-state index contributed by atoms with van der Waals surface area (Å²) in [6.07, 6.45) is 1.59. The van der Waals surface area contributed by atoms with E-state index in [1.165, 1.54) is 4.31 Å². The first-order valence-corrected chi connectivity index (χ1v) is 11.4. The highest BCUT2D eigenvalue weighted by atomic mass is 32.2. The average Bonchev–Trinajstić information content (AvgIpc) is 3.25. The van der Waals surface area contributed by atoms with E-state index < -0.39 is 10.0 Å². The second-order valence-corrected chi connectivity index (χ2v) is 9.69. The van der Waals surface area contributed by atoms with Crippen molar-refractivity contribution >= 4 is 10.0 Å². The Balaban J connectivity index is 1.53. The third kappa shape index (κ3) is 4.11. The van der Waals surface area contributed by atoms with Crippen LogP contribution in [-0.4, -0.2) is 36.0 Å². The quantitative estimate of drug-likeness (QED) is 0.621. The molecule has 1 aliphatic heterocycles. The van der Waals surface area contributed by atoms with Gasteiger partial charge in [-0.25, -0.2) is 8.42 Å². The maximum absolute atomic E-state index is 13.1. The summed E-state index contributed by atoms with van der Waals surface area (Å²) in [6, 6.07) is 16.8. The van der Waals surface area contributed by atoms with Crippen LogP contribution in [0.3, 0.4) is 0 Å². The Morgan fingerprint density at radius 1 is 1.07 bits per heavy atom. The molecule has 0 radical (unpaired) electrons. The van der Waals surface area contributed by atoms with Crippen LogP contribution in [-0.2, 0) is 10.0 Å². The van der Waals surface area contributed by atoms with E-state index in [9.17, 15) is 8.42 Å². The maximum Gasteiger partial charge on any atom is 0.243 e. The lowest BCUT2D eigenvalue weighted by atomic mass is 10.00. The van der Waals surface area contributed by atoms with Crippen molar-refractivity contribution in [2.75, 3.05) is 13.1 Å². The van der Waals surface area contributed by atoms with Gasteiger partial charge in [-0.15, -0.1) is 0 Å². The molecule has 0 bridgehead atoms. The summed E-state index contributed by atoms with van der Waals surface area (Å²) in [5.74, 6) is 1.30. The molecule has 29 heavy (non-hydrogen) atoms. The number of nitrogens with zero attached hydrogens (tertiary/aromatic N) is 3. The van der Waals surface area contributed by atoms with E-state index in [1.807, 2.05) is 42.5 Å². The van der Waals surface area contributed by atoms with Gasteiger partial charge in [0.05, 0.1) is 10.8 Å². The number of piperidine rings is 1. The molecule has 0 spiro atoms. The molecule has 1 aliphatic rings. The van der Waals surface area contributed by atoms with Crippen LogP contribution in [0.25, 0.3) is 11.4 Å². The van der Waals surface area contributed by atoms with E-state index in [1.54, 1.807) is 12.1 Å². The van der Waals surface area contributed by atoms with Crippen molar-refractivity contribution in [1.82, 2.24) is 14.4 Å². The predicted molar refractivity (Wildman–Crippen MR) is 111 cm³/mol. The van der Waals surface area contributed by atoms with E-state index >= 15 is 0 Å². The molecule has 1 atom stereocenters. The fraction of sp³-hybridized carbons (Fsp3) is 0.364. The number of benzene rings is 2. The molecule has 0 saturated carbocycles. The SMILES string of the molecule is CC(C)c1ccc(S(=O)(=O)N2CCC[C@@H](c3nc(-c4ccccc4)no3)C2)cc1. The molecule has 0 N–H and O–H groups in total. The molecule has 1 aromatic heterocycles. The standard InChI is InChI=1S/C22H25N3O3S/c1-16(2)17-10-12-20(13-11-17)29(26,27)25-14-6-9-19(15-25)22-23-21(24-28-22)18-7-4-3-5-8-18/h3-5,7-8,10-13,16,19H,6,9,14-15H2,1-2H3/t19-/m1/s1. The first-order chi connectivity index (χ1) is 13.9. The zero-order chi connectivity index (χ0) is 20.4. The molecule has 0 aliphatic carbocycles. The van der Waals surface area contributed by atoms with E-state index in [4.69, 9.17) is 4.52 Å². The highest BCUT2D eigenvalue weighted by Gasteiger charge is 2.33. The minimum Gasteiger partial charge on any atom is -0.339 e. The molecule has 7 heteroatoms. The molecule has 4 rings (SSSR count). The zero-order valence-corrected chi connectivity index (χ0v) is 17.5. The summed E-state index contributed by atoms with van der Waals surface area (Å²) < 4.78 is 33.3. The number of rotatable bonds is 5. The fourth-order valence-corrected chi connectivity index (χ4v) is 5.17. The van der Waals surface area contributed by atoms with Gasteiger partial charge in [-0.3, -0.25) is 0 Å². The molecule has 6 nitrogen and oxygen atoms in total. The summed E-state index contributed by atoms with van der Waals surface area (Å²) in [5, 5.41) is 4.08. The third-order valence-electron chi connectivity index (χ3n) is 5.39. The van der Waals surface area contributed by atoms with E-state index in [0.717, 1.165) is 24.0 Å². The smallest absolute Gasteiger partial charge is 0.243 e. The first-order valence-electron chi connectivity index (χ1n) is 9.94. The van der Waals surface area contributed by atoms with Gasteiger partial charge in [0.25, 0.3) is 0 Å². The van der Waals surface area contributed by atoms with Crippen LogP contribution in [0.5, 0.6) is 0 Å². The Morgan fingerprint density at radius 3 is 2.48 bits per heavy atom. The van der Waals surface area contributed by atoms with Crippen molar-refractivity contribution in [2.24, 2.45) is 0 Å². The van der Waals surface area contributed by atoms with Crippen LogP contribution in [0.2, 0.25) is 0 Å². The Bertz CT molecular complexity index is 1060. The van der Waals surface area contributed by atoms with Gasteiger partial charge in [-0.1, -0.05) is 61.5 Å². The normalized spacial score (nSPS) is 18.2. The maximum atomic E-state index is 13.1. The number of hydrogen-bond donors (Lipinski definition) is 0. The summed E-state index contributed by atoms with van der Waals surface area (Å²) in [6.45, 7) is 5.04. The highest BCUT2D eigenvalue weighted by Crippen LogP contribution is 2.31. The van der Waals surface area contributed by atoms with Crippen molar-refractivity contribution in [1.29, 1.82) is 0 Å². The number of hydrogen-bond acceptors (Lipinski definition) is 5. The summed E-state index contributed by atoms with van der Waals surface area (Å²) >= 11 is 0. The molecule has 1 saturated heterocycles. The largest absolute Gasteiger partial charge is 0.339 e. The van der Waals surface area contributed by atoms with Gasteiger partial charge >= 0.3 is 0 Å². The van der Waals surface area contributed by atoms with Crippen molar-refractivity contribution in [3.63, 3.8) is 0 Å². The second-order valence-electron chi connectivity index (χ2n) is 7.75. The van der Waals surface area contributed by atoms with Crippen molar-refractivity contribution in [2.45, 2.75) is 43.4 Å². The fourth-order valence-electron chi connectivity index (χ4n) is 3.64. The van der Waals surface area contributed by atoms with Crippen LogP contribution in [0.1, 0.15) is 50.0 Å². The molecule has 152 valence electrons. The van der Waals surface area contributed by atoms with E-state index in [0.29, 0.717) is 35.6 Å². The molecule has 3 aromatic rings. The monoisotopic (exact) mass is 411 g/mol. The van der Waals surface area contributed by atoms with Crippen LogP contribution in [0, 0.1) is 0 Å². The summed E-state index contributed by atoms with van der Waals surface area (Å²) in [5.41, 5.74) is 2.01. The molecule has 2 aromatic carbocycles. The Kier molecular flexibility index (Phi) is 5.52. The first kappa shape index (κ1) is 19.8. The zero-order valence-electron chi connectivity index (χ0n) is 16.7. The van der Waals surface area contributed by atoms with Crippen molar-refractivity contribution in [3.8, 4) is 11.4 Å². The number of aromatic nitrogens is 2. The topological polar surface area (TPSA) is 76.3 Å². The van der Waals surface area contributed by atoms with Crippen LogP contribution >= 0.6 is 0 Å². The summed E-state index contributed by atoms with van der Waals surface area (Å²) in [4.78, 5) is 4.86. The second kappa shape index (κ2) is 8.08. The van der Waals surface area contributed by atoms with Gasteiger partial charge in [-0.05, 0) is 36.5 Å². The molecular weight excluding hydrogens is 386 g/mol.